The molecule has 2 rings (SSSR count). The molecule has 1 heterocycles. The van der Waals surface area contributed by atoms with Crippen molar-refractivity contribution in [3.05, 3.63) is 52.0 Å². The van der Waals surface area contributed by atoms with E-state index in [1.54, 1.807) is 5.38 Å². The summed E-state index contributed by atoms with van der Waals surface area (Å²) in [6.45, 7) is 13.0. The lowest BCUT2D eigenvalue weighted by molar-refractivity contribution is -0.143. The van der Waals surface area contributed by atoms with Crippen LogP contribution in [0.25, 0.3) is 0 Å². The number of aliphatic hydroxyl groups is 1. The highest BCUT2D eigenvalue weighted by Crippen LogP contribution is 2.29. The molecule has 0 aliphatic heterocycles. The molecule has 0 aliphatic rings. The third-order valence-corrected chi connectivity index (χ3v) is 8.33. The Morgan fingerprint density at radius 3 is 2.33 bits per heavy atom. The fraction of sp³-hybridized carbons (Fsp3) is 0.600. The summed E-state index contributed by atoms with van der Waals surface area (Å²) in [5, 5.41) is 15.8. The van der Waals surface area contributed by atoms with Gasteiger partial charge in [-0.2, -0.15) is 0 Å². The van der Waals surface area contributed by atoms with E-state index in [0.717, 1.165) is 18.4 Å². The van der Waals surface area contributed by atoms with E-state index in [-0.39, 0.29) is 41.8 Å². The number of esters is 1. The van der Waals surface area contributed by atoms with Crippen molar-refractivity contribution >= 4 is 29.1 Å². The molecular formula is C30H45N3O5S. The minimum atomic E-state index is -0.935. The zero-order valence-corrected chi connectivity index (χ0v) is 25.2. The van der Waals surface area contributed by atoms with Gasteiger partial charge in [0.05, 0.1) is 7.11 Å². The summed E-state index contributed by atoms with van der Waals surface area (Å²) >= 11 is 1.19. The number of methoxy groups -OCH3 is 1. The van der Waals surface area contributed by atoms with E-state index in [1.807, 2.05) is 49.1 Å². The maximum atomic E-state index is 13.4. The molecule has 0 aliphatic carbocycles. The molecule has 216 valence electrons. The molecule has 2 aromatic rings. The molecule has 0 saturated heterocycles. The van der Waals surface area contributed by atoms with Gasteiger partial charge in [0, 0.05) is 36.7 Å². The zero-order chi connectivity index (χ0) is 29.1. The summed E-state index contributed by atoms with van der Waals surface area (Å²) in [5.74, 6) is -0.653. The second-order valence-corrected chi connectivity index (χ2v) is 11.5. The first kappa shape index (κ1) is 32.4. The number of ether oxygens (including phenoxy) is 1. The molecule has 1 aromatic carbocycles. The minimum absolute atomic E-state index is 0.103. The number of nitrogens with zero attached hydrogens (tertiary/aromatic N) is 2. The summed E-state index contributed by atoms with van der Waals surface area (Å²) in [6, 6.07) is 8.32. The number of aromatic nitrogens is 1. The van der Waals surface area contributed by atoms with Crippen LogP contribution in [0.2, 0.25) is 0 Å². The monoisotopic (exact) mass is 559 g/mol. The summed E-state index contributed by atoms with van der Waals surface area (Å²) in [4.78, 5) is 45.1. The molecule has 2 N–H and O–H groups in total. The average Bonchev–Trinajstić information content (AvgIpc) is 3.44. The summed E-state index contributed by atoms with van der Waals surface area (Å²) in [5.41, 5.74) is 1.01. The van der Waals surface area contributed by atoms with Crippen molar-refractivity contribution < 1.29 is 24.2 Å². The Kier molecular flexibility index (Phi) is 13.1. The standard InChI is InChI=1S/C30H45N3O5S/c1-8-15-33(29(36)21(6)20(5)9-2)25(19(3)4)17-26(34)28-32-24(18-39-28)27(35)31-23(30(37)38-7)16-22-13-11-10-12-14-22/h10-14,18-21,23,25-26,34H,8-9,15-17H2,1-7H3,(H,31,35)/t20?,21-,23-,25+,26+/m0/s1. The summed E-state index contributed by atoms with van der Waals surface area (Å²) in [7, 11) is 1.28. The number of carbonyl (C=O) groups excluding carboxylic acids is 3. The van der Waals surface area contributed by atoms with Crippen LogP contribution < -0.4 is 5.32 Å². The van der Waals surface area contributed by atoms with Gasteiger partial charge in [0.25, 0.3) is 5.91 Å². The Hall–Kier alpha value is -2.78. The quantitative estimate of drug-likeness (QED) is 0.297. The van der Waals surface area contributed by atoms with E-state index < -0.39 is 24.0 Å². The second kappa shape index (κ2) is 15.7. The van der Waals surface area contributed by atoms with Gasteiger partial charge in [0.15, 0.2) is 0 Å². The molecule has 1 aromatic heterocycles. The van der Waals surface area contributed by atoms with Crippen molar-refractivity contribution in [2.45, 2.75) is 85.4 Å². The van der Waals surface area contributed by atoms with Crippen molar-refractivity contribution in [3.8, 4) is 0 Å². The highest BCUT2D eigenvalue weighted by atomic mass is 32.1. The molecule has 5 atom stereocenters. The maximum absolute atomic E-state index is 13.4. The van der Waals surface area contributed by atoms with Crippen LogP contribution in [-0.2, 0) is 20.7 Å². The predicted octanol–water partition coefficient (Wildman–Crippen LogP) is 5.03. The maximum Gasteiger partial charge on any atom is 0.328 e. The third-order valence-electron chi connectivity index (χ3n) is 7.38. The number of aliphatic hydroxyl groups excluding tert-OH is 1. The Morgan fingerprint density at radius 2 is 1.77 bits per heavy atom. The lowest BCUT2D eigenvalue weighted by Crippen LogP contribution is -2.47. The van der Waals surface area contributed by atoms with Gasteiger partial charge in [0.2, 0.25) is 5.91 Å². The van der Waals surface area contributed by atoms with Crippen molar-refractivity contribution in [1.29, 1.82) is 0 Å². The van der Waals surface area contributed by atoms with Crippen LogP contribution in [0.5, 0.6) is 0 Å². The molecule has 39 heavy (non-hydrogen) atoms. The molecule has 0 saturated carbocycles. The molecule has 0 fully saturated rings. The Labute approximate surface area is 237 Å². The first-order valence-corrected chi connectivity index (χ1v) is 14.8. The van der Waals surface area contributed by atoms with Crippen molar-refractivity contribution in [2.24, 2.45) is 17.8 Å². The van der Waals surface area contributed by atoms with Crippen LogP contribution in [0, 0.1) is 17.8 Å². The first-order chi connectivity index (χ1) is 18.5. The van der Waals surface area contributed by atoms with E-state index in [1.165, 1.54) is 18.4 Å². The molecular weight excluding hydrogens is 514 g/mol. The molecule has 1 unspecified atom stereocenters. The van der Waals surface area contributed by atoms with E-state index in [4.69, 9.17) is 4.74 Å². The number of hydrogen-bond acceptors (Lipinski definition) is 7. The van der Waals surface area contributed by atoms with Gasteiger partial charge in [-0.1, -0.05) is 78.3 Å². The highest BCUT2D eigenvalue weighted by molar-refractivity contribution is 7.09. The highest BCUT2D eigenvalue weighted by Gasteiger charge is 2.33. The van der Waals surface area contributed by atoms with Crippen molar-refractivity contribution in [1.82, 2.24) is 15.2 Å². The van der Waals surface area contributed by atoms with E-state index in [9.17, 15) is 19.5 Å². The molecule has 0 radical (unpaired) electrons. The van der Waals surface area contributed by atoms with E-state index >= 15 is 0 Å². The Balaban J connectivity index is 2.16. The fourth-order valence-electron chi connectivity index (χ4n) is 4.59. The molecule has 0 spiro atoms. The average molecular weight is 560 g/mol. The second-order valence-electron chi connectivity index (χ2n) is 10.6. The van der Waals surface area contributed by atoms with Gasteiger partial charge in [-0.15, -0.1) is 11.3 Å². The van der Waals surface area contributed by atoms with Crippen molar-refractivity contribution in [2.75, 3.05) is 13.7 Å². The largest absolute Gasteiger partial charge is 0.467 e. The first-order valence-electron chi connectivity index (χ1n) is 13.9. The van der Waals surface area contributed by atoms with Gasteiger partial charge in [0.1, 0.15) is 22.8 Å². The zero-order valence-electron chi connectivity index (χ0n) is 24.3. The van der Waals surface area contributed by atoms with Gasteiger partial charge in [-0.3, -0.25) is 9.59 Å². The number of benzene rings is 1. The van der Waals surface area contributed by atoms with E-state index in [2.05, 4.69) is 38.0 Å². The van der Waals surface area contributed by atoms with Crippen LogP contribution in [0.15, 0.2) is 35.7 Å². The number of carbonyl (C=O) groups is 3. The molecule has 0 bridgehead atoms. The van der Waals surface area contributed by atoms with Crippen LogP contribution in [0.4, 0.5) is 0 Å². The van der Waals surface area contributed by atoms with Gasteiger partial charge in [-0.05, 0) is 23.8 Å². The smallest absolute Gasteiger partial charge is 0.328 e. The van der Waals surface area contributed by atoms with Crippen LogP contribution >= 0.6 is 11.3 Å². The van der Waals surface area contributed by atoms with Gasteiger partial charge >= 0.3 is 5.97 Å². The Morgan fingerprint density at radius 1 is 1.10 bits per heavy atom. The Bertz CT molecular complexity index is 1060. The van der Waals surface area contributed by atoms with Crippen molar-refractivity contribution in [3.63, 3.8) is 0 Å². The topological polar surface area (TPSA) is 109 Å². The fourth-order valence-corrected chi connectivity index (χ4v) is 5.39. The number of nitrogens with one attached hydrogen (secondary N) is 1. The third kappa shape index (κ3) is 9.14. The molecule has 8 nitrogen and oxygen atoms in total. The van der Waals surface area contributed by atoms with Gasteiger partial charge in [-0.25, -0.2) is 9.78 Å². The lowest BCUT2D eigenvalue weighted by atomic mass is 9.89. The SMILES string of the molecule is CCCN(C(=O)[C@@H](C)C(C)CC)[C@H](C[C@@H](O)c1nc(C(=O)N[C@@H](Cc2ccccc2)C(=O)OC)cs1)C(C)C. The summed E-state index contributed by atoms with van der Waals surface area (Å²) in [6.07, 6.45) is 1.42. The minimum Gasteiger partial charge on any atom is -0.467 e. The normalized spacial score (nSPS) is 15.2. The van der Waals surface area contributed by atoms with Crippen LogP contribution in [0.1, 0.15) is 88.0 Å². The van der Waals surface area contributed by atoms with Gasteiger partial charge < -0.3 is 20.1 Å². The molecule has 9 heteroatoms. The summed E-state index contributed by atoms with van der Waals surface area (Å²) < 4.78 is 4.89. The lowest BCUT2D eigenvalue weighted by Gasteiger charge is -2.38. The van der Waals surface area contributed by atoms with Crippen LogP contribution in [0.3, 0.4) is 0 Å². The number of amides is 2. The van der Waals surface area contributed by atoms with E-state index in [0.29, 0.717) is 18.0 Å². The van der Waals surface area contributed by atoms with Crippen LogP contribution in [-0.4, -0.2) is 58.5 Å². The molecule has 2 amide bonds. The number of rotatable bonds is 15. The number of thiazole rings is 1. The predicted molar refractivity (Wildman–Crippen MR) is 154 cm³/mol. The number of hydrogen-bond donors (Lipinski definition) is 2.